The van der Waals surface area contributed by atoms with Gasteiger partial charge < -0.3 is 5.32 Å². The van der Waals surface area contributed by atoms with Crippen LogP contribution in [0.4, 0.5) is 8.78 Å². The van der Waals surface area contributed by atoms with Crippen LogP contribution in [0.3, 0.4) is 0 Å². The normalized spacial score (nSPS) is 22.2. The molecule has 0 aromatic heterocycles. The molecule has 1 saturated carbocycles. The number of hydrogen-bond acceptors (Lipinski definition) is 5. The Morgan fingerprint density at radius 1 is 1.00 bits per heavy atom. The largest absolute Gasteiger partial charge is 0.349 e. The first-order chi connectivity index (χ1) is 20.7. The Labute approximate surface area is 253 Å². The van der Waals surface area contributed by atoms with Crippen molar-refractivity contribution in [1.29, 1.82) is 0 Å². The van der Waals surface area contributed by atoms with Crippen molar-refractivity contribution in [3.63, 3.8) is 0 Å². The number of nitrogens with zero attached hydrogens (tertiary/aromatic N) is 1. The molecule has 10 heteroatoms. The number of nitrogens with one attached hydrogen (secondary N) is 3. The summed E-state index contributed by atoms with van der Waals surface area (Å²) in [5.41, 5.74) is 3.91. The first-order valence-corrected chi connectivity index (χ1v) is 16.5. The fourth-order valence-corrected chi connectivity index (χ4v) is 7.22. The number of benzene rings is 3. The van der Waals surface area contributed by atoms with Gasteiger partial charge in [0.2, 0.25) is 15.9 Å². The fourth-order valence-electron chi connectivity index (χ4n) is 5.91. The molecule has 0 radical (unpaired) electrons. The zero-order valence-electron chi connectivity index (χ0n) is 24.4. The molecule has 1 heterocycles. The monoisotopic (exact) mass is 610 g/mol. The maximum atomic E-state index is 13.6. The molecule has 1 aliphatic heterocycles. The summed E-state index contributed by atoms with van der Waals surface area (Å²) in [6, 6.07) is 20.7. The molecule has 3 N–H and O–H groups in total. The van der Waals surface area contributed by atoms with Crippen LogP contribution < -0.4 is 15.4 Å². The number of hydrogen-bond donors (Lipinski definition) is 3. The Hall–Kier alpha value is -3.18. The molecule has 2 fully saturated rings. The smallest absolute Gasteiger partial charge is 0.240 e. The Kier molecular flexibility index (Phi) is 10.2. The molecule has 3 aromatic rings. The van der Waals surface area contributed by atoms with Gasteiger partial charge in [-0.15, -0.1) is 0 Å². The minimum atomic E-state index is -3.71. The van der Waals surface area contributed by atoms with Gasteiger partial charge in [-0.1, -0.05) is 48.5 Å². The van der Waals surface area contributed by atoms with Crippen LogP contribution >= 0.6 is 0 Å². The van der Waals surface area contributed by atoms with E-state index in [1.807, 2.05) is 31.2 Å². The van der Waals surface area contributed by atoms with E-state index < -0.39 is 16.3 Å². The highest BCUT2D eigenvalue weighted by atomic mass is 32.2. The Bertz CT molecular complexity index is 1480. The summed E-state index contributed by atoms with van der Waals surface area (Å²) in [5.74, 6) is -0.563. The van der Waals surface area contributed by atoms with Crippen molar-refractivity contribution in [1.82, 2.24) is 20.3 Å². The third kappa shape index (κ3) is 8.47. The van der Waals surface area contributed by atoms with Crippen LogP contribution in [0.15, 0.2) is 77.7 Å². The molecule has 2 atom stereocenters. The highest BCUT2D eigenvalue weighted by molar-refractivity contribution is 7.89. The molecular weight excluding hydrogens is 570 g/mol. The van der Waals surface area contributed by atoms with Gasteiger partial charge in [0.25, 0.3) is 0 Å². The topological polar surface area (TPSA) is 90.5 Å². The summed E-state index contributed by atoms with van der Waals surface area (Å²) < 4.78 is 55.9. The summed E-state index contributed by atoms with van der Waals surface area (Å²) in [6.07, 6.45) is 2.17. The SMILES string of the molecule is C[C@@H](NC(=O)C1CCC(NS(=O)(=O)c2ccc(-c3cccc(CCN4CCNC(F)C4)c3)cc2)CC1)c1ccc(F)cc1. The van der Waals surface area contributed by atoms with E-state index in [-0.39, 0.29) is 34.6 Å². The molecule has 2 aliphatic rings. The van der Waals surface area contributed by atoms with Crippen molar-refractivity contribution in [2.75, 3.05) is 26.2 Å². The molecule has 1 saturated heterocycles. The van der Waals surface area contributed by atoms with Crippen LogP contribution in [-0.2, 0) is 21.2 Å². The van der Waals surface area contributed by atoms with E-state index in [4.69, 9.17) is 0 Å². The predicted molar refractivity (Wildman–Crippen MR) is 164 cm³/mol. The van der Waals surface area contributed by atoms with Gasteiger partial charge in [-0.2, -0.15) is 0 Å². The lowest BCUT2D eigenvalue weighted by Gasteiger charge is -2.29. The molecule has 7 nitrogen and oxygen atoms in total. The minimum Gasteiger partial charge on any atom is -0.349 e. The van der Waals surface area contributed by atoms with E-state index in [0.29, 0.717) is 38.8 Å². The Morgan fingerprint density at radius 3 is 2.42 bits per heavy atom. The number of piperazine rings is 1. The van der Waals surface area contributed by atoms with Crippen molar-refractivity contribution in [3.8, 4) is 11.1 Å². The summed E-state index contributed by atoms with van der Waals surface area (Å²) in [6.45, 7) is 4.54. The molecule has 3 aromatic carbocycles. The van der Waals surface area contributed by atoms with E-state index in [2.05, 4.69) is 32.4 Å². The maximum absolute atomic E-state index is 13.6. The number of rotatable bonds is 10. The van der Waals surface area contributed by atoms with E-state index in [1.54, 1.807) is 24.3 Å². The van der Waals surface area contributed by atoms with Crippen molar-refractivity contribution in [3.05, 3.63) is 89.7 Å². The summed E-state index contributed by atoms with van der Waals surface area (Å²) in [5, 5.41) is 5.82. The predicted octanol–water partition coefficient (Wildman–Crippen LogP) is 4.95. The standard InChI is InChI=1S/C33H40F2N4O3S/c1-23(25-5-11-29(34)12-6-25)37-33(40)27-7-13-30(14-8-27)38-43(41,42)31-15-9-26(10-16-31)28-4-2-3-24(21-28)17-19-39-20-18-36-32(35)22-39/h2-6,9-12,15-16,21,23,27,30,32,36,38H,7-8,13-14,17-20,22H2,1H3,(H,37,40)/t23-,27?,30?,32?/m1/s1. The summed E-state index contributed by atoms with van der Waals surface area (Å²) in [7, 11) is -3.71. The van der Waals surface area contributed by atoms with Crippen LogP contribution in [0.25, 0.3) is 11.1 Å². The van der Waals surface area contributed by atoms with Gasteiger partial charge in [0, 0.05) is 38.1 Å². The Morgan fingerprint density at radius 2 is 1.72 bits per heavy atom. The number of halogens is 2. The van der Waals surface area contributed by atoms with Crippen molar-refractivity contribution in [2.45, 2.75) is 62.3 Å². The molecular formula is C33H40F2N4O3S. The molecule has 1 amide bonds. The van der Waals surface area contributed by atoms with Gasteiger partial charge >= 0.3 is 0 Å². The molecule has 0 spiro atoms. The molecule has 1 unspecified atom stereocenters. The third-order valence-electron chi connectivity index (χ3n) is 8.50. The first kappa shape index (κ1) is 31.3. The molecule has 43 heavy (non-hydrogen) atoms. The van der Waals surface area contributed by atoms with Crippen molar-refractivity contribution in [2.24, 2.45) is 5.92 Å². The second-order valence-electron chi connectivity index (χ2n) is 11.6. The zero-order chi connectivity index (χ0) is 30.4. The lowest BCUT2D eigenvalue weighted by Crippen LogP contribution is -2.49. The number of sulfonamides is 1. The average molecular weight is 611 g/mol. The van der Waals surface area contributed by atoms with Crippen LogP contribution in [-0.4, -0.2) is 57.7 Å². The highest BCUT2D eigenvalue weighted by Gasteiger charge is 2.30. The van der Waals surface area contributed by atoms with E-state index in [9.17, 15) is 22.0 Å². The van der Waals surface area contributed by atoms with Gasteiger partial charge in [-0.3, -0.25) is 15.0 Å². The van der Waals surface area contributed by atoms with Crippen molar-refractivity contribution < 1.29 is 22.0 Å². The van der Waals surface area contributed by atoms with E-state index >= 15 is 0 Å². The molecule has 230 valence electrons. The average Bonchev–Trinajstić information content (AvgIpc) is 3.01. The van der Waals surface area contributed by atoms with Gasteiger partial charge in [-0.05, 0) is 85.5 Å². The third-order valence-corrected chi connectivity index (χ3v) is 10.0. The number of carbonyl (C=O) groups is 1. The van der Waals surface area contributed by atoms with Gasteiger partial charge in [-0.25, -0.2) is 21.9 Å². The van der Waals surface area contributed by atoms with Gasteiger partial charge in [0.15, 0.2) is 6.30 Å². The minimum absolute atomic E-state index is 0.0602. The van der Waals surface area contributed by atoms with E-state index in [0.717, 1.165) is 41.8 Å². The van der Waals surface area contributed by atoms with Crippen LogP contribution in [0, 0.1) is 11.7 Å². The highest BCUT2D eigenvalue weighted by Crippen LogP contribution is 2.28. The molecule has 1 aliphatic carbocycles. The van der Waals surface area contributed by atoms with Crippen molar-refractivity contribution >= 4 is 15.9 Å². The van der Waals surface area contributed by atoms with Crippen LogP contribution in [0.1, 0.15) is 49.8 Å². The number of amides is 1. The molecule has 5 rings (SSSR count). The lowest BCUT2D eigenvalue weighted by atomic mass is 9.85. The lowest BCUT2D eigenvalue weighted by molar-refractivity contribution is -0.126. The fraction of sp³-hybridized carbons (Fsp3) is 0.424. The zero-order valence-corrected chi connectivity index (χ0v) is 25.3. The summed E-state index contributed by atoms with van der Waals surface area (Å²) >= 11 is 0. The van der Waals surface area contributed by atoms with Gasteiger partial charge in [0.05, 0.1) is 10.9 Å². The van der Waals surface area contributed by atoms with Crippen LogP contribution in [0.2, 0.25) is 0 Å². The van der Waals surface area contributed by atoms with Gasteiger partial charge in [0.1, 0.15) is 5.82 Å². The maximum Gasteiger partial charge on any atom is 0.240 e. The number of carbonyl (C=O) groups excluding carboxylic acids is 1. The molecule has 0 bridgehead atoms. The van der Waals surface area contributed by atoms with E-state index in [1.165, 1.54) is 12.1 Å². The summed E-state index contributed by atoms with van der Waals surface area (Å²) in [4.78, 5) is 15.1. The quantitative estimate of drug-likeness (QED) is 0.283. The second kappa shape index (κ2) is 14.1. The second-order valence-corrected chi connectivity index (χ2v) is 13.4. The Balaban J connectivity index is 1.11. The van der Waals surface area contributed by atoms with Crippen LogP contribution in [0.5, 0.6) is 0 Å². The first-order valence-electron chi connectivity index (χ1n) is 15.0. The number of alkyl halides is 1.